The lowest BCUT2D eigenvalue weighted by atomic mass is 10.2. The van der Waals surface area contributed by atoms with E-state index in [0.717, 1.165) is 55.5 Å². The zero-order valence-corrected chi connectivity index (χ0v) is 16.2. The molecule has 0 saturated carbocycles. The van der Waals surface area contributed by atoms with E-state index in [-0.39, 0.29) is 17.5 Å². The van der Waals surface area contributed by atoms with Crippen LogP contribution in [-0.2, 0) is 23.1 Å². The van der Waals surface area contributed by atoms with E-state index in [0.29, 0.717) is 13.2 Å². The fourth-order valence-electron chi connectivity index (χ4n) is 3.82. The predicted molar refractivity (Wildman–Crippen MR) is 99.6 cm³/mol. The standard InChI is InChI=1S/C17H25ClN6O2/c1-11-8-23(9-12(2)26-11)10-13-19-14-15(22(13)3)20-17(18)21-16(14)24-4-6-25-7-5-24/h11-12H,4-10H2,1-3H3. The van der Waals surface area contributed by atoms with Gasteiger partial charge in [-0.15, -0.1) is 0 Å². The summed E-state index contributed by atoms with van der Waals surface area (Å²) in [6.07, 6.45) is 0.457. The molecular formula is C17H25ClN6O2. The van der Waals surface area contributed by atoms with E-state index in [1.54, 1.807) is 0 Å². The van der Waals surface area contributed by atoms with Gasteiger partial charge in [-0.2, -0.15) is 9.97 Å². The first-order chi connectivity index (χ1) is 12.5. The van der Waals surface area contributed by atoms with E-state index in [1.165, 1.54) is 0 Å². The molecule has 0 spiro atoms. The van der Waals surface area contributed by atoms with Crippen molar-refractivity contribution in [1.82, 2.24) is 24.4 Å². The monoisotopic (exact) mass is 380 g/mol. The molecule has 26 heavy (non-hydrogen) atoms. The second kappa shape index (κ2) is 7.26. The highest BCUT2D eigenvalue weighted by molar-refractivity contribution is 6.28. The molecule has 2 unspecified atom stereocenters. The van der Waals surface area contributed by atoms with Crippen LogP contribution in [0.25, 0.3) is 11.2 Å². The molecule has 0 bridgehead atoms. The van der Waals surface area contributed by atoms with Gasteiger partial charge in [-0.25, -0.2) is 4.98 Å². The van der Waals surface area contributed by atoms with Crippen molar-refractivity contribution >= 4 is 28.6 Å². The van der Waals surface area contributed by atoms with Crippen LogP contribution in [0.4, 0.5) is 5.82 Å². The summed E-state index contributed by atoms with van der Waals surface area (Å²) in [5.41, 5.74) is 1.58. The molecule has 0 N–H and O–H groups in total. The van der Waals surface area contributed by atoms with Gasteiger partial charge in [0.05, 0.1) is 32.0 Å². The van der Waals surface area contributed by atoms with Gasteiger partial charge in [-0.05, 0) is 25.4 Å². The van der Waals surface area contributed by atoms with E-state index >= 15 is 0 Å². The summed E-state index contributed by atoms with van der Waals surface area (Å²) in [6.45, 7) is 9.72. The minimum atomic E-state index is 0.228. The van der Waals surface area contributed by atoms with Crippen LogP contribution < -0.4 is 4.90 Å². The quantitative estimate of drug-likeness (QED) is 0.747. The van der Waals surface area contributed by atoms with Crippen molar-refractivity contribution in [2.45, 2.75) is 32.6 Å². The highest BCUT2D eigenvalue weighted by Gasteiger charge is 2.26. The maximum absolute atomic E-state index is 6.21. The highest BCUT2D eigenvalue weighted by Crippen LogP contribution is 2.27. The van der Waals surface area contributed by atoms with E-state index in [2.05, 4.69) is 33.6 Å². The Morgan fingerprint density at radius 1 is 1.08 bits per heavy atom. The molecule has 4 heterocycles. The third-order valence-corrected chi connectivity index (χ3v) is 5.11. The van der Waals surface area contributed by atoms with E-state index < -0.39 is 0 Å². The Balaban J connectivity index is 1.67. The second-order valence-electron chi connectivity index (χ2n) is 7.13. The minimum Gasteiger partial charge on any atom is -0.378 e. The number of morpholine rings is 2. The number of imidazole rings is 1. The lowest BCUT2D eigenvalue weighted by Gasteiger charge is -2.34. The van der Waals surface area contributed by atoms with Gasteiger partial charge in [0.2, 0.25) is 5.28 Å². The summed E-state index contributed by atoms with van der Waals surface area (Å²) in [7, 11) is 1.99. The summed E-state index contributed by atoms with van der Waals surface area (Å²) in [5.74, 6) is 1.77. The van der Waals surface area contributed by atoms with Gasteiger partial charge in [0.1, 0.15) is 5.82 Å². The number of halogens is 1. The van der Waals surface area contributed by atoms with Crippen LogP contribution in [0.2, 0.25) is 5.28 Å². The number of aromatic nitrogens is 4. The van der Waals surface area contributed by atoms with Crippen LogP contribution in [-0.4, -0.2) is 76.0 Å². The van der Waals surface area contributed by atoms with Crippen molar-refractivity contribution in [3.63, 3.8) is 0 Å². The fraction of sp³-hybridized carbons (Fsp3) is 0.706. The number of nitrogens with zero attached hydrogens (tertiary/aromatic N) is 6. The zero-order valence-electron chi connectivity index (χ0n) is 15.5. The van der Waals surface area contributed by atoms with Crippen LogP contribution in [0.3, 0.4) is 0 Å². The van der Waals surface area contributed by atoms with Gasteiger partial charge in [0.15, 0.2) is 17.0 Å². The Labute approximate surface area is 158 Å². The first-order valence-corrected chi connectivity index (χ1v) is 9.48. The molecule has 2 aromatic heterocycles. The number of aryl methyl sites for hydroxylation is 1. The molecule has 2 aliphatic heterocycles. The number of anilines is 1. The largest absolute Gasteiger partial charge is 0.378 e. The fourth-order valence-corrected chi connectivity index (χ4v) is 3.98. The molecule has 8 nitrogen and oxygen atoms in total. The smallest absolute Gasteiger partial charge is 0.226 e. The van der Waals surface area contributed by atoms with Gasteiger partial charge in [0, 0.05) is 33.2 Å². The van der Waals surface area contributed by atoms with Crippen molar-refractivity contribution in [3.05, 3.63) is 11.1 Å². The average molecular weight is 381 g/mol. The molecule has 2 aliphatic rings. The second-order valence-corrected chi connectivity index (χ2v) is 7.46. The summed E-state index contributed by atoms with van der Waals surface area (Å²) in [6, 6.07) is 0. The summed E-state index contributed by atoms with van der Waals surface area (Å²) in [4.78, 5) is 18.3. The van der Waals surface area contributed by atoms with E-state index in [1.807, 2.05) is 11.6 Å². The van der Waals surface area contributed by atoms with Crippen LogP contribution in [0.5, 0.6) is 0 Å². The van der Waals surface area contributed by atoms with Crippen LogP contribution in [0, 0.1) is 0 Å². The maximum atomic E-state index is 6.21. The average Bonchev–Trinajstić information content (AvgIpc) is 2.90. The number of fused-ring (bicyclic) bond motifs is 1. The Bertz CT molecular complexity index is 781. The van der Waals surface area contributed by atoms with Crippen LogP contribution >= 0.6 is 11.6 Å². The molecule has 0 amide bonds. The molecule has 4 rings (SSSR count). The number of hydrogen-bond acceptors (Lipinski definition) is 7. The minimum absolute atomic E-state index is 0.228. The van der Waals surface area contributed by atoms with Gasteiger partial charge in [0.25, 0.3) is 0 Å². The molecule has 0 radical (unpaired) electrons. The van der Waals surface area contributed by atoms with Gasteiger partial charge >= 0.3 is 0 Å². The molecule has 142 valence electrons. The molecule has 2 fully saturated rings. The van der Waals surface area contributed by atoms with Crippen molar-refractivity contribution in [3.8, 4) is 0 Å². The number of hydrogen-bond donors (Lipinski definition) is 0. The first-order valence-electron chi connectivity index (χ1n) is 9.10. The Morgan fingerprint density at radius 2 is 1.77 bits per heavy atom. The summed E-state index contributed by atoms with van der Waals surface area (Å²) >= 11 is 6.21. The van der Waals surface area contributed by atoms with E-state index in [4.69, 9.17) is 26.1 Å². The molecule has 0 aromatic carbocycles. The summed E-state index contributed by atoms with van der Waals surface area (Å²) < 4.78 is 13.3. The Kier molecular flexibility index (Phi) is 5.00. The number of ether oxygens (including phenoxy) is 2. The Morgan fingerprint density at radius 3 is 2.46 bits per heavy atom. The Hall–Kier alpha value is -1.48. The van der Waals surface area contributed by atoms with Crippen molar-refractivity contribution in [2.24, 2.45) is 7.05 Å². The third kappa shape index (κ3) is 3.51. The molecule has 2 aromatic rings. The number of rotatable bonds is 3. The molecular weight excluding hydrogens is 356 g/mol. The topological polar surface area (TPSA) is 68.5 Å². The molecule has 9 heteroatoms. The van der Waals surface area contributed by atoms with Crippen LogP contribution in [0.1, 0.15) is 19.7 Å². The van der Waals surface area contributed by atoms with Gasteiger partial charge < -0.3 is 18.9 Å². The van der Waals surface area contributed by atoms with E-state index in [9.17, 15) is 0 Å². The first kappa shape index (κ1) is 17.9. The van der Waals surface area contributed by atoms with Crippen molar-refractivity contribution in [2.75, 3.05) is 44.3 Å². The van der Waals surface area contributed by atoms with Gasteiger partial charge in [-0.3, -0.25) is 4.90 Å². The molecule has 0 aliphatic carbocycles. The lowest BCUT2D eigenvalue weighted by molar-refractivity contribution is -0.0712. The predicted octanol–water partition coefficient (Wildman–Crippen LogP) is 1.46. The third-order valence-electron chi connectivity index (χ3n) is 4.94. The summed E-state index contributed by atoms with van der Waals surface area (Å²) in [5, 5.41) is 0.252. The van der Waals surface area contributed by atoms with Gasteiger partial charge in [-0.1, -0.05) is 0 Å². The SMILES string of the molecule is CC1CN(Cc2nc3c(N4CCOCC4)nc(Cl)nc3n2C)CC(C)O1. The molecule has 2 saturated heterocycles. The molecule has 2 atom stereocenters. The lowest BCUT2D eigenvalue weighted by Crippen LogP contribution is -2.45. The van der Waals surface area contributed by atoms with Crippen molar-refractivity contribution in [1.29, 1.82) is 0 Å². The van der Waals surface area contributed by atoms with Crippen molar-refractivity contribution < 1.29 is 9.47 Å². The normalized spacial score (nSPS) is 25.2. The van der Waals surface area contributed by atoms with Crippen LogP contribution in [0.15, 0.2) is 0 Å². The highest BCUT2D eigenvalue weighted by atomic mass is 35.5. The maximum Gasteiger partial charge on any atom is 0.226 e. The zero-order chi connectivity index (χ0) is 18.3.